The second-order valence-electron chi connectivity index (χ2n) is 8.97. The summed E-state index contributed by atoms with van der Waals surface area (Å²) in [5, 5.41) is 1.14. The summed E-state index contributed by atoms with van der Waals surface area (Å²) in [7, 11) is 0. The molecule has 0 bridgehead atoms. The van der Waals surface area contributed by atoms with Crippen LogP contribution in [-0.4, -0.2) is 42.1 Å². The van der Waals surface area contributed by atoms with Crippen LogP contribution in [0, 0.1) is 0 Å². The lowest BCUT2D eigenvalue weighted by atomic mass is 10.0. The highest BCUT2D eigenvalue weighted by Crippen LogP contribution is 2.50. The van der Waals surface area contributed by atoms with Gasteiger partial charge in [0.25, 0.3) is 5.91 Å². The van der Waals surface area contributed by atoms with Gasteiger partial charge in [0.2, 0.25) is 0 Å². The second-order valence-corrected chi connectivity index (χ2v) is 8.97. The number of fused-ring (bicyclic) bond motifs is 5. The molecule has 4 heterocycles. The maximum atomic E-state index is 13.8. The molecular weight excluding hydrogens is 424 g/mol. The van der Waals surface area contributed by atoms with Gasteiger partial charge >= 0.3 is 0 Å². The molecule has 168 valence electrons. The van der Waals surface area contributed by atoms with Crippen molar-refractivity contribution in [3.05, 3.63) is 95.7 Å². The highest BCUT2D eigenvalue weighted by atomic mass is 16.5. The summed E-state index contributed by atoms with van der Waals surface area (Å²) >= 11 is 0. The van der Waals surface area contributed by atoms with Crippen LogP contribution in [0.3, 0.4) is 0 Å². The smallest absolute Gasteiger partial charge is 0.258 e. The van der Waals surface area contributed by atoms with Gasteiger partial charge in [0.1, 0.15) is 0 Å². The van der Waals surface area contributed by atoms with Crippen molar-refractivity contribution in [3.63, 3.8) is 0 Å². The molecule has 0 aliphatic carbocycles. The van der Waals surface area contributed by atoms with Gasteiger partial charge in [-0.25, -0.2) is 4.98 Å². The van der Waals surface area contributed by atoms with E-state index in [0.29, 0.717) is 19.8 Å². The van der Waals surface area contributed by atoms with Gasteiger partial charge in [0.05, 0.1) is 47.9 Å². The molecule has 6 nitrogen and oxygen atoms in total. The standard InChI is InChI=1S/C28H24N4O2/c33-28-21-11-5-7-13-24(21)32(19-8-2-1-3-9-19)27-25-22(18-31(27)28)26(30-14-16-34-17-15-30)20-10-4-6-12-23(20)29-25/h1-13,27H,14-18H2. The van der Waals surface area contributed by atoms with Crippen molar-refractivity contribution in [3.8, 4) is 0 Å². The number of amides is 1. The van der Waals surface area contributed by atoms with E-state index in [0.717, 1.165) is 52.2 Å². The number of anilines is 3. The van der Waals surface area contributed by atoms with Gasteiger partial charge in [0.15, 0.2) is 6.17 Å². The number of hydrogen-bond acceptors (Lipinski definition) is 5. The van der Waals surface area contributed by atoms with E-state index in [2.05, 4.69) is 40.1 Å². The molecule has 1 fully saturated rings. The van der Waals surface area contributed by atoms with Crippen LogP contribution in [0.15, 0.2) is 78.9 Å². The van der Waals surface area contributed by atoms with Crippen LogP contribution in [0.25, 0.3) is 10.9 Å². The Hall–Kier alpha value is -3.90. The van der Waals surface area contributed by atoms with Crippen molar-refractivity contribution in [1.29, 1.82) is 0 Å². The van der Waals surface area contributed by atoms with Crippen molar-refractivity contribution in [2.45, 2.75) is 12.7 Å². The maximum Gasteiger partial charge on any atom is 0.258 e. The van der Waals surface area contributed by atoms with Crippen molar-refractivity contribution < 1.29 is 9.53 Å². The minimum Gasteiger partial charge on any atom is -0.378 e. The number of nitrogens with zero attached hydrogens (tertiary/aromatic N) is 4. The monoisotopic (exact) mass is 448 g/mol. The lowest BCUT2D eigenvalue weighted by Gasteiger charge is -2.41. The summed E-state index contributed by atoms with van der Waals surface area (Å²) in [6.07, 6.45) is -0.288. The minimum atomic E-state index is -0.288. The topological polar surface area (TPSA) is 48.9 Å². The Bertz CT molecular complexity index is 1410. The molecular formula is C28H24N4O2. The number of hydrogen-bond donors (Lipinski definition) is 0. The summed E-state index contributed by atoms with van der Waals surface area (Å²) in [5.74, 6) is 0.0581. The number of ether oxygens (including phenoxy) is 1. The van der Waals surface area contributed by atoms with Crippen LogP contribution in [0.5, 0.6) is 0 Å². The van der Waals surface area contributed by atoms with E-state index < -0.39 is 0 Å². The zero-order chi connectivity index (χ0) is 22.6. The van der Waals surface area contributed by atoms with Crippen LogP contribution in [0.1, 0.15) is 27.8 Å². The minimum absolute atomic E-state index is 0.0581. The number of aromatic nitrogens is 1. The number of morpholine rings is 1. The average molecular weight is 449 g/mol. The first-order valence-corrected chi connectivity index (χ1v) is 11.8. The number of carbonyl (C=O) groups excluding carboxylic acids is 1. The van der Waals surface area contributed by atoms with Gasteiger partial charge in [-0.2, -0.15) is 0 Å². The first kappa shape index (κ1) is 19.6. The first-order chi connectivity index (χ1) is 16.8. The predicted octanol–water partition coefficient (Wildman–Crippen LogP) is 4.88. The molecule has 3 aliphatic heterocycles. The van der Waals surface area contributed by atoms with Crippen LogP contribution >= 0.6 is 0 Å². The van der Waals surface area contributed by atoms with Crippen molar-refractivity contribution >= 4 is 33.9 Å². The summed E-state index contributed by atoms with van der Waals surface area (Å²) in [4.78, 5) is 25.6. The van der Waals surface area contributed by atoms with E-state index in [9.17, 15) is 4.79 Å². The lowest BCUT2D eigenvalue weighted by molar-refractivity contribution is 0.0675. The normalized spacial score (nSPS) is 19.2. The molecule has 3 aliphatic rings. The molecule has 0 saturated carbocycles. The Labute approximate surface area is 198 Å². The molecule has 0 N–H and O–H groups in total. The Morgan fingerprint density at radius 1 is 0.853 bits per heavy atom. The SMILES string of the molecule is O=C1c2ccccc2N(c2ccccc2)C2c3nc4ccccc4c(N4CCOCC4)c3CN12. The molecule has 34 heavy (non-hydrogen) atoms. The third-order valence-corrected chi connectivity index (χ3v) is 7.12. The number of carbonyl (C=O) groups is 1. The van der Waals surface area contributed by atoms with Gasteiger partial charge in [-0.05, 0) is 30.3 Å². The third-order valence-electron chi connectivity index (χ3n) is 7.12. The Balaban J connectivity index is 1.49. The lowest BCUT2D eigenvalue weighted by Crippen LogP contribution is -2.44. The van der Waals surface area contributed by atoms with Gasteiger partial charge in [-0.15, -0.1) is 0 Å². The molecule has 7 rings (SSSR count). The zero-order valence-corrected chi connectivity index (χ0v) is 18.7. The quantitative estimate of drug-likeness (QED) is 0.438. The van der Waals surface area contributed by atoms with E-state index in [1.54, 1.807) is 0 Å². The van der Waals surface area contributed by atoms with Gasteiger partial charge in [-0.3, -0.25) is 4.79 Å². The molecule has 1 saturated heterocycles. The molecule has 0 radical (unpaired) electrons. The highest BCUT2D eigenvalue weighted by Gasteiger charge is 2.46. The first-order valence-electron chi connectivity index (χ1n) is 11.8. The molecule has 1 atom stereocenters. The van der Waals surface area contributed by atoms with Crippen LogP contribution < -0.4 is 9.80 Å². The van der Waals surface area contributed by atoms with E-state index in [4.69, 9.17) is 9.72 Å². The fourth-order valence-electron chi connectivity index (χ4n) is 5.64. The number of para-hydroxylation sites is 3. The summed E-state index contributed by atoms with van der Waals surface area (Å²) in [6.45, 7) is 3.63. The highest BCUT2D eigenvalue weighted by molar-refractivity contribution is 6.04. The Morgan fingerprint density at radius 2 is 1.59 bits per heavy atom. The van der Waals surface area contributed by atoms with Crippen LogP contribution in [0.4, 0.5) is 17.1 Å². The second kappa shape index (κ2) is 7.57. The van der Waals surface area contributed by atoms with Crippen molar-refractivity contribution in [2.24, 2.45) is 0 Å². The number of rotatable bonds is 2. The van der Waals surface area contributed by atoms with Gasteiger partial charge in [-0.1, -0.05) is 48.5 Å². The number of benzene rings is 3. The number of pyridine rings is 1. The largest absolute Gasteiger partial charge is 0.378 e. The van der Waals surface area contributed by atoms with Crippen LogP contribution in [0.2, 0.25) is 0 Å². The van der Waals surface area contributed by atoms with Gasteiger partial charge < -0.3 is 19.4 Å². The van der Waals surface area contributed by atoms with E-state index in [-0.39, 0.29) is 12.1 Å². The molecule has 1 unspecified atom stereocenters. The van der Waals surface area contributed by atoms with Gasteiger partial charge in [0, 0.05) is 29.7 Å². The van der Waals surface area contributed by atoms with E-state index in [1.165, 1.54) is 5.69 Å². The van der Waals surface area contributed by atoms with Crippen molar-refractivity contribution in [2.75, 3.05) is 36.1 Å². The molecule has 3 aromatic carbocycles. The predicted molar refractivity (Wildman–Crippen MR) is 132 cm³/mol. The summed E-state index contributed by atoms with van der Waals surface area (Å²) < 4.78 is 5.65. The molecule has 0 spiro atoms. The fourth-order valence-corrected chi connectivity index (χ4v) is 5.64. The van der Waals surface area contributed by atoms with Crippen molar-refractivity contribution in [1.82, 2.24) is 9.88 Å². The molecule has 1 aromatic heterocycles. The zero-order valence-electron chi connectivity index (χ0n) is 18.7. The summed E-state index contributed by atoms with van der Waals surface area (Å²) in [6, 6.07) is 26.6. The third kappa shape index (κ3) is 2.78. The Kier molecular flexibility index (Phi) is 4.35. The molecule has 1 amide bonds. The molecule has 4 aromatic rings. The van der Waals surface area contributed by atoms with E-state index >= 15 is 0 Å². The fraction of sp³-hybridized carbons (Fsp3) is 0.214. The average Bonchev–Trinajstić information content (AvgIpc) is 3.27. The molecule has 6 heteroatoms. The van der Waals surface area contributed by atoms with E-state index in [1.807, 2.05) is 53.4 Å². The summed E-state index contributed by atoms with van der Waals surface area (Å²) in [5.41, 5.74) is 6.98. The Morgan fingerprint density at radius 3 is 2.44 bits per heavy atom. The maximum absolute atomic E-state index is 13.8. The van der Waals surface area contributed by atoms with Crippen LogP contribution in [-0.2, 0) is 11.3 Å².